The highest BCUT2D eigenvalue weighted by Crippen LogP contribution is 2.22. The first-order valence-corrected chi connectivity index (χ1v) is 9.82. The predicted molar refractivity (Wildman–Crippen MR) is 109 cm³/mol. The third kappa shape index (κ3) is 6.82. The van der Waals surface area contributed by atoms with Crippen molar-refractivity contribution < 1.29 is 9.18 Å². The van der Waals surface area contributed by atoms with Gasteiger partial charge in [0.05, 0.1) is 11.8 Å². The maximum Gasteiger partial charge on any atom is 0.248 e. The van der Waals surface area contributed by atoms with Crippen LogP contribution < -0.4 is 16.2 Å². The lowest BCUT2D eigenvalue weighted by molar-refractivity contribution is -0.119. The molecule has 1 unspecified atom stereocenters. The van der Waals surface area contributed by atoms with Crippen molar-refractivity contribution in [1.29, 1.82) is 0 Å². The van der Waals surface area contributed by atoms with Gasteiger partial charge in [-0.05, 0) is 42.4 Å². The number of carbonyl (C=O) groups excluding carboxylic acids is 1. The lowest BCUT2D eigenvalue weighted by atomic mass is 10.1. The third-order valence-corrected chi connectivity index (χ3v) is 5.02. The van der Waals surface area contributed by atoms with Crippen LogP contribution in [0.2, 0.25) is 5.02 Å². The summed E-state index contributed by atoms with van der Waals surface area (Å²) in [6.45, 7) is 1.98. The number of benzene rings is 2. The number of hydrazine groups is 1. The Morgan fingerprint density at radius 2 is 1.96 bits per heavy atom. The second kappa shape index (κ2) is 10.4. The fourth-order valence-corrected chi connectivity index (χ4v) is 3.49. The number of carbonyl (C=O) groups is 1. The van der Waals surface area contributed by atoms with Gasteiger partial charge in [0, 0.05) is 10.8 Å². The van der Waals surface area contributed by atoms with Crippen LogP contribution in [0.5, 0.6) is 0 Å². The molecule has 4 nitrogen and oxygen atoms in total. The molecule has 138 valence electrons. The standard InChI is InChI=1S/C18H19ClFN3OS2/c1-12(13-5-3-2-4-6-13)21-18(25)23-22-17(24)11-26-10-14-7-8-15(20)9-16(14)19/h2-9,12H,10-11H2,1H3,(H,22,24)(H2,21,23,25). The SMILES string of the molecule is CC(NC(=S)NNC(=O)CSCc1ccc(F)cc1Cl)c1ccccc1. The number of thioether (sulfide) groups is 1. The molecule has 0 aromatic heterocycles. The minimum absolute atomic E-state index is 0.0168. The van der Waals surface area contributed by atoms with Crippen molar-refractivity contribution in [1.82, 2.24) is 16.2 Å². The minimum Gasteiger partial charge on any atom is -0.355 e. The van der Waals surface area contributed by atoms with Crippen molar-refractivity contribution in [3.8, 4) is 0 Å². The van der Waals surface area contributed by atoms with Gasteiger partial charge < -0.3 is 5.32 Å². The van der Waals surface area contributed by atoms with Gasteiger partial charge in [-0.15, -0.1) is 11.8 Å². The number of thiocarbonyl (C=S) groups is 1. The average Bonchev–Trinajstić information content (AvgIpc) is 2.62. The average molecular weight is 412 g/mol. The van der Waals surface area contributed by atoms with E-state index in [0.717, 1.165) is 11.1 Å². The van der Waals surface area contributed by atoms with E-state index in [-0.39, 0.29) is 23.5 Å². The van der Waals surface area contributed by atoms with Gasteiger partial charge in [-0.2, -0.15) is 0 Å². The quantitative estimate of drug-likeness (QED) is 0.496. The van der Waals surface area contributed by atoms with Crippen LogP contribution in [0, 0.1) is 5.82 Å². The van der Waals surface area contributed by atoms with Gasteiger partial charge in [0.25, 0.3) is 0 Å². The maximum absolute atomic E-state index is 13.0. The van der Waals surface area contributed by atoms with Crippen molar-refractivity contribution in [2.45, 2.75) is 18.7 Å². The summed E-state index contributed by atoms with van der Waals surface area (Å²) in [4.78, 5) is 11.9. The van der Waals surface area contributed by atoms with Crippen molar-refractivity contribution in [3.63, 3.8) is 0 Å². The molecule has 1 atom stereocenters. The fourth-order valence-electron chi connectivity index (χ4n) is 2.11. The molecule has 0 bridgehead atoms. The Balaban J connectivity index is 1.67. The van der Waals surface area contributed by atoms with Gasteiger partial charge >= 0.3 is 0 Å². The highest BCUT2D eigenvalue weighted by Gasteiger charge is 2.08. The topological polar surface area (TPSA) is 53.2 Å². The number of nitrogens with one attached hydrogen (secondary N) is 3. The predicted octanol–water partition coefficient (Wildman–Crippen LogP) is 3.97. The molecule has 3 N–H and O–H groups in total. The van der Waals surface area contributed by atoms with Crippen LogP contribution in [-0.4, -0.2) is 16.8 Å². The van der Waals surface area contributed by atoms with E-state index in [1.807, 2.05) is 37.3 Å². The zero-order valence-electron chi connectivity index (χ0n) is 14.1. The summed E-state index contributed by atoms with van der Waals surface area (Å²) in [6.07, 6.45) is 0. The lowest BCUT2D eigenvalue weighted by Gasteiger charge is -2.17. The Morgan fingerprint density at radius 1 is 1.23 bits per heavy atom. The van der Waals surface area contributed by atoms with Crippen LogP contribution in [0.1, 0.15) is 24.1 Å². The summed E-state index contributed by atoms with van der Waals surface area (Å²) in [7, 11) is 0. The highest BCUT2D eigenvalue weighted by molar-refractivity contribution is 7.99. The van der Waals surface area contributed by atoms with Crippen LogP contribution >= 0.6 is 35.6 Å². The second-order valence-electron chi connectivity index (χ2n) is 5.51. The van der Waals surface area contributed by atoms with Gasteiger partial charge in [-0.3, -0.25) is 15.6 Å². The zero-order chi connectivity index (χ0) is 18.9. The van der Waals surface area contributed by atoms with E-state index in [9.17, 15) is 9.18 Å². The number of halogens is 2. The molecule has 0 saturated heterocycles. The molecule has 26 heavy (non-hydrogen) atoms. The smallest absolute Gasteiger partial charge is 0.248 e. The largest absolute Gasteiger partial charge is 0.355 e. The molecule has 0 fully saturated rings. The Labute approximate surface area is 166 Å². The van der Waals surface area contributed by atoms with Gasteiger partial charge in [0.2, 0.25) is 5.91 Å². The van der Waals surface area contributed by atoms with E-state index >= 15 is 0 Å². The molecule has 8 heteroatoms. The molecule has 0 spiro atoms. The molecule has 2 rings (SSSR count). The van der Waals surface area contributed by atoms with E-state index < -0.39 is 0 Å². The number of amides is 1. The molecule has 2 aromatic carbocycles. The first kappa shape index (κ1) is 20.5. The van der Waals surface area contributed by atoms with E-state index in [4.69, 9.17) is 23.8 Å². The normalized spacial score (nSPS) is 11.5. The van der Waals surface area contributed by atoms with Crippen LogP contribution in [0.25, 0.3) is 0 Å². The first-order chi connectivity index (χ1) is 12.5. The summed E-state index contributed by atoms with van der Waals surface area (Å²) in [6, 6.07) is 14.1. The second-order valence-corrected chi connectivity index (χ2v) is 7.31. The lowest BCUT2D eigenvalue weighted by Crippen LogP contribution is -2.47. The number of rotatable bonds is 6. The molecular weight excluding hydrogens is 393 g/mol. The maximum atomic E-state index is 13.0. The Hall–Kier alpha value is -1.83. The molecule has 0 saturated carbocycles. The van der Waals surface area contributed by atoms with Crippen LogP contribution in [0.15, 0.2) is 48.5 Å². The van der Waals surface area contributed by atoms with Crippen molar-refractivity contribution in [2.24, 2.45) is 0 Å². The minimum atomic E-state index is -0.378. The van der Waals surface area contributed by atoms with E-state index in [2.05, 4.69) is 16.2 Å². The molecule has 1 amide bonds. The van der Waals surface area contributed by atoms with Crippen LogP contribution in [-0.2, 0) is 10.5 Å². The van der Waals surface area contributed by atoms with Crippen molar-refractivity contribution >= 4 is 46.6 Å². The van der Waals surface area contributed by atoms with Gasteiger partial charge in [0.15, 0.2) is 5.11 Å². The molecule has 0 heterocycles. The summed E-state index contributed by atoms with van der Waals surface area (Å²) < 4.78 is 13.0. The van der Waals surface area contributed by atoms with Crippen molar-refractivity contribution in [3.05, 3.63) is 70.5 Å². The summed E-state index contributed by atoms with van der Waals surface area (Å²) in [5, 5.41) is 3.78. The molecule has 2 aromatic rings. The third-order valence-electron chi connectivity index (χ3n) is 3.47. The monoisotopic (exact) mass is 411 g/mol. The molecule has 0 aliphatic heterocycles. The Bertz CT molecular complexity index is 761. The van der Waals surface area contributed by atoms with E-state index in [1.54, 1.807) is 6.07 Å². The highest BCUT2D eigenvalue weighted by atomic mass is 35.5. The van der Waals surface area contributed by atoms with Gasteiger partial charge in [0.1, 0.15) is 5.82 Å². The summed E-state index contributed by atoms with van der Waals surface area (Å²) in [5.41, 5.74) is 7.10. The zero-order valence-corrected chi connectivity index (χ0v) is 16.5. The summed E-state index contributed by atoms with van der Waals surface area (Å²) in [5.74, 6) is 0.138. The van der Waals surface area contributed by atoms with E-state index in [1.165, 1.54) is 23.9 Å². The van der Waals surface area contributed by atoms with Gasteiger partial charge in [-0.1, -0.05) is 48.0 Å². The molecule has 0 aliphatic carbocycles. The van der Waals surface area contributed by atoms with Crippen LogP contribution in [0.4, 0.5) is 4.39 Å². The number of hydrogen-bond acceptors (Lipinski definition) is 3. The Kier molecular flexibility index (Phi) is 8.15. The van der Waals surface area contributed by atoms with Gasteiger partial charge in [-0.25, -0.2) is 4.39 Å². The van der Waals surface area contributed by atoms with Crippen molar-refractivity contribution in [2.75, 3.05) is 5.75 Å². The van der Waals surface area contributed by atoms with Crippen LogP contribution in [0.3, 0.4) is 0 Å². The first-order valence-electron chi connectivity index (χ1n) is 7.87. The molecular formula is C18H19ClFN3OS2. The number of hydrogen-bond donors (Lipinski definition) is 3. The summed E-state index contributed by atoms with van der Waals surface area (Å²) >= 11 is 12.5. The van der Waals surface area contributed by atoms with E-state index in [0.29, 0.717) is 15.9 Å². The molecule has 0 aliphatic rings. The fraction of sp³-hybridized carbons (Fsp3) is 0.222. The molecule has 0 radical (unpaired) electrons. The Morgan fingerprint density at radius 3 is 2.65 bits per heavy atom.